The SMILES string of the molecule is C=CCC(O)[C@H]1O[C@@H](n2cnc3c(Cl)nc(Cl)nc32)[C@@](O)(C(C)=O)[C@@]1(O)C(C)=O. The van der Waals surface area contributed by atoms with E-state index in [1.54, 1.807) is 0 Å². The highest BCUT2D eigenvalue weighted by Crippen LogP contribution is 2.49. The lowest BCUT2D eigenvalue weighted by molar-refractivity contribution is -0.183. The van der Waals surface area contributed by atoms with Crippen molar-refractivity contribution in [2.24, 2.45) is 0 Å². The summed E-state index contributed by atoms with van der Waals surface area (Å²) >= 11 is 11.9. The lowest BCUT2D eigenvalue weighted by Crippen LogP contribution is -2.67. The Morgan fingerprint density at radius 3 is 2.48 bits per heavy atom. The second-order valence-corrected chi connectivity index (χ2v) is 7.45. The van der Waals surface area contributed by atoms with Crippen LogP contribution >= 0.6 is 23.2 Å². The Kier molecular flexibility index (Phi) is 5.54. The van der Waals surface area contributed by atoms with Crippen molar-refractivity contribution in [2.75, 3.05) is 0 Å². The Balaban J connectivity index is 2.27. The van der Waals surface area contributed by atoms with Gasteiger partial charge in [-0.1, -0.05) is 17.7 Å². The molecule has 3 heterocycles. The average Bonchev–Trinajstić information content (AvgIpc) is 3.14. The molecule has 0 saturated carbocycles. The van der Waals surface area contributed by atoms with Gasteiger partial charge in [0.05, 0.1) is 12.4 Å². The summed E-state index contributed by atoms with van der Waals surface area (Å²) in [6.07, 6.45) is -2.37. The number of halogens is 2. The monoisotopic (exact) mass is 444 g/mol. The summed E-state index contributed by atoms with van der Waals surface area (Å²) in [7, 11) is 0. The molecule has 1 aliphatic heterocycles. The fourth-order valence-corrected chi connectivity index (χ4v) is 4.03. The molecule has 3 rings (SSSR count). The maximum absolute atomic E-state index is 12.5. The number of carbonyl (C=O) groups is 2. The molecular weight excluding hydrogens is 427 g/mol. The standard InChI is InChI=1S/C17H18Cl2N4O6/c1-4-5-9(26)11-16(27,7(2)24)17(28,8(3)25)14(29-11)23-6-20-10-12(18)21-15(19)22-13(10)23/h4,6,9,11,14,26-28H,1,5H2,2-3H3/t9?,11-,14-,16-,17+/m1/s1. The highest BCUT2D eigenvalue weighted by molar-refractivity contribution is 6.35. The summed E-state index contributed by atoms with van der Waals surface area (Å²) in [5.74, 6) is -1.94. The van der Waals surface area contributed by atoms with Gasteiger partial charge in [-0.3, -0.25) is 14.2 Å². The minimum Gasteiger partial charge on any atom is -0.390 e. The van der Waals surface area contributed by atoms with Gasteiger partial charge < -0.3 is 20.1 Å². The number of imidazole rings is 1. The molecule has 0 aliphatic carbocycles. The van der Waals surface area contributed by atoms with Crippen LogP contribution in [0.1, 0.15) is 26.5 Å². The number of aliphatic hydroxyl groups excluding tert-OH is 1. The van der Waals surface area contributed by atoms with Gasteiger partial charge in [-0.15, -0.1) is 6.58 Å². The first-order valence-electron chi connectivity index (χ1n) is 8.46. The smallest absolute Gasteiger partial charge is 0.225 e. The highest BCUT2D eigenvalue weighted by atomic mass is 35.5. The molecule has 2 aromatic heterocycles. The van der Waals surface area contributed by atoms with Gasteiger partial charge >= 0.3 is 0 Å². The molecule has 1 fully saturated rings. The molecule has 0 spiro atoms. The number of rotatable bonds is 6. The van der Waals surface area contributed by atoms with Gasteiger partial charge in [-0.05, 0) is 31.9 Å². The second-order valence-electron chi connectivity index (χ2n) is 6.75. The molecule has 156 valence electrons. The van der Waals surface area contributed by atoms with Gasteiger partial charge in [-0.25, -0.2) is 9.97 Å². The number of ketones is 2. The predicted octanol–water partition coefficient (Wildman–Crippen LogP) is 0.608. The van der Waals surface area contributed by atoms with Crippen molar-refractivity contribution in [3.05, 3.63) is 29.4 Å². The maximum atomic E-state index is 12.5. The third kappa shape index (κ3) is 2.98. The number of carbonyl (C=O) groups excluding carboxylic acids is 2. The van der Waals surface area contributed by atoms with E-state index in [9.17, 15) is 24.9 Å². The minimum atomic E-state index is -2.77. The lowest BCUT2D eigenvalue weighted by Gasteiger charge is -2.38. The molecule has 0 bridgehead atoms. The van der Waals surface area contributed by atoms with Crippen molar-refractivity contribution in [3.8, 4) is 0 Å². The van der Waals surface area contributed by atoms with Crippen LogP contribution in [-0.2, 0) is 14.3 Å². The molecule has 0 radical (unpaired) electrons. The largest absolute Gasteiger partial charge is 0.390 e. The van der Waals surface area contributed by atoms with Crippen molar-refractivity contribution in [3.63, 3.8) is 0 Å². The molecule has 12 heteroatoms. The van der Waals surface area contributed by atoms with E-state index in [-0.39, 0.29) is 28.0 Å². The first-order chi connectivity index (χ1) is 13.5. The van der Waals surface area contributed by atoms with Gasteiger partial charge in [0.15, 0.2) is 34.2 Å². The van der Waals surface area contributed by atoms with Crippen LogP contribution in [0.15, 0.2) is 19.0 Å². The number of Topliss-reactive ketones (excluding diaryl/α,β-unsaturated/α-hetero) is 2. The first kappa shape index (κ1) is 21.8. The number of hydrogen-bond donors (Lipinski definition) is 3. The van der Waals surface area contributed by atoms with Crippen LogP contribution in [0.3, 0.4) is 0 Å². The van der Waals surface area contributed by atoms with Crippen molar-refractivity contribution < 1.29 is 29.6 Å². The van der Waals surface area contributed by atoms with Crippen LogP contribution in [0.5, 0.6) is 0 Å². The number of aliphatic hydroxyl groups is 3. The summed E-state index contributed by atoms with van der Waals surface area (Å²) in [6, 6.07) is 0. The van der Waals surface area contributed by atoms with Crippen LogP contribution in [-0.4, -0.2) is 69.8 Å². The molecule has 1 saturated heterocycles. The fraction of sp³-hybridized carbons (Fsp3) is 0.471. The van der Waals surface area contributed by atoms with E-state index in [4.69, 9.17) is 27.9 Å². The molecule has 3 N–H and O–H groups in total. The minimum absolute atomic E-state index is 0.00978. The molecule has 1 unspecified atom stereocenters. The molecule has 2 aromatic rings. The highest BCUT2D eigenvalue weighted by Gasteiger charge is 2.73. The molecule has 10 nitrogen and oxygen atoms in total. The van der Waals surface area contributed by atoms with E-state index in [1.807, 2.05) is 0 Å². The third-order valence-corrected chi connectivity index (χ3v) is 5.49. The van der Waals surface area contributed by atoms with Crippen molar-refractivity contribution in [1.82, 2.24) is 19.5 Å². The molecule has 29 heavy (non-hydrogen) atoms. The third-order valence-electron chi connectivity index (χ3n) is 5.06. The summed E-state index contributed by atoms with van der Waals surface area (Å²) < 4.78 is 6.80. The van der Waals surface area contributed by atoms with Crippen molar-refractivity contribution in [2.45, 2.75) is 49.9 Å². The first-order valence-corrected chi connectivity index (χ1v) is 9.22. The van der Waals surface area contributed by atoms with Crippen molar-refractivity contribution in [1.29, 1.82) is 0 Å². The van der Waals surface area contributed by atoms with Crippen LogP contribution in [0, 0.1) is 0 Å². The molecule has 0 aromatic carbocycles. The van der Waals surface area contributed by atoms with Crippen LogP contribution in [0.25, 0.3) is 11.2 Å². The summed E-state index contributed by atoms with van der Waals surface area (Å²) in [6.45, 7) is 5.46. The predicted molar refractivity (Wildman–Crippen MR) is 101 cm³/mol. The number of fused-ring (bicyclic) bond motifs is 1. The van der Waals surface area contributed by atoms with Gasteiger partial charge in [0.25, 0.3) is 0 Å². The number of nitrogens with zero attached hydrogens (tertiary/aromatic N) is 4. The zero-order chi connectivity index (χ0) is 21.7. The van der Waals surface area contributed by atoms with Gasteiger partial charge in [0.2, 0.25) is 10.9 Å². The number of hydrogen-bond acceptors (Lipinski definition) is 9. The lowest BCUT2D eigenvalue weighted by atomic mass is 9.73. The Morgan fingerprint density at radius 2 is 1.93 bits per heavy atom. The molecule has 5 atom stereocenters. The Morgan fingerprint density at radius 1 is 1.31 bits per heavy atom. The molecule has 0 amide bonds. The summed E-state index contributed by atoms with van der Waals surface area (Å²) in [5.41, 5.74) is -5.46. The van der Waals surface area contributed by atoms with Crippen LogP contribution < -0.4 is 0 Å². The van der Waals surface area contributed by atoms with E-state index >= 15 is 0 Å². The molecular formula is C17H18Cl2N4O6. The van der Waals surface area contributed by atoms with E-state index in [0.717, 1.165) is 24.7 Å². The average molecular weight is 445 g/mol. The normalized spacial score (nSPS) is 30.4. The Hall–Kier alpha value is -1.95. The molecule has 1 aliphatic rings. The second kappa shape index (κ2) is 7.38. The number of ether oxygens (including phenoxy) is 1. The Bertz CT molecular complexity index is 1010. The van der Waals surface area contributed by atoms with Crippen molar-refractivity contribution >= 4 is 45.9 Å². The number of aromatic nitrogens is 4. The van der Waals surface area contributed by atoms with E-state index < -0.39 is 41.2 Å². The van der Waals surface area contributed by atoms with Gasteiger partial charge in [-0.2, -0.15) is 4.98 Å². The van der Waals surface area contributed by atoms with Gasteiger partial charge in [0, 0.05) is 0 Å². The maximum Gasteiger partial charge on any atom is 0.225 e. The summed E-state index contributed by atoms with van der Waals surface area (Å²) in [4.78, 5) is 36.7. The van der Waals surface area contributed by atoms with Gasteiger partial charge in [0.1, 0.15) is 11.6 Å². The topological polar surface area (TPSA) is 148 Å². The van der Waals surface area contributed by atoms with Crippen LogP contribution in [0.2, 0.25) is 10.4 Å². The van der Waals surface area contributed by atoms with Crippen LogP contribution in [0.4, 0.5) is 0 Å². The zero-order valence-electron chi connectivity index (χ0n) is 15.4. The fourth-order valence-electron chi connectivity index (χ4n) is 3.61. The zero-order valence-corrected chi connectivity index (χ0v) is 16.9. The van der Waals surface area contributed by atoms with E-state index in [1.165, 1.54) is 6.08 Å². The Labute approximate surface area is 174 Å². The van der Waals surface area contributed by atoms with E-state index in [0.29, 0.717) is 0 Å². The van der Waals surface area contributed by atoms with E-state index in [2.05, 4.69) is 21.5 Å². The quantitative estimate of drug-likeness (QED) is 0.330. The summed E-state index contributed by atoms with van der Waals surface area (Å²) in [5, 5.41) is 32.7.